The van der Waals surface area contributed by atoms with Crippen molar-refractivity contribution in [2.45, 2.75) is 0 Å². The highest BCUT2D eigenvalue weighted by Crippen LogP contribution is 2.76. The highest BCUT2D eigenvalue weighted by molar-refractivity contribution is 8.33. The van der Waals surface area contributed by atoms with Gasteiger partial charge in [-0.15, -0.1) is 0 Å². The fourth-order valence-corrected chi connectivity index (χ4v) is 27.1. The molecule has 0 aliphatic carbocycles. The van der Waals surface area contributed by atoms with Crippen LogP contribution in [0.4, 0.5) is 5.69 Å². The quantitative estimate of drug-likeness (QED) is 0.134. The molecule has 7 aromatic rings. The third kappa shape index (κ3) is 6.14. The van der Waals surface area contributed by atoms with Gasteiger partial charge in [0.15, 0.2) is 0 Å². The molecule has 0 saturated heterocycles. The van der Waals surface area contributed by atoms with Crippen LogP contribution in [0.15, 0.2) is 217 Å². The van der Waals surface area contributed by atoms with Gasteiger partial charge in [-0.05, 0) is 77.8 Å². The number of nitrogens with zero attached hydrogens (tertiary/aromatic N) is 1. The molecule has 1 nitrogen and oxygen atoms in total. The SMILES string of the molecule is CP(C)(=Nc1ccccc1)C(=P(c1ccccc1)(c1ccccc1)c1ccccc1)[P+](c1ccccc1)(c1ccccc1)c1ccccc1. The maximum absolute atomic E-state index is 5.91. The van der Waals surface area contributed by atoms with E-state index in [2.05, 4.69) is 226 Å². The summed E-state index contributed by atoms with van der Waals surface area (Å²) in [5.74, 6) is 0. The van der Waals surface area contributed by atoms with E-state index < -0.39 is 21.2 Å². The van der Waals surface area contributed by atoms with Gasteiger partial charge < -0.3 is 0 Å². The monoisotopic (exact) mass is 688 g/mol. The smallest absolute Gasteiger partial charge is 0.146 e. The van der Waals surface area contributed by atoms with Crippen LogP contribution < -0.4 is 31.8 Å². The molecule has 0 aliphatic heterocycles. The van der Waals surface area contributed by atoms with E-state index in [-0.39, 0.29) is 0 Å². The molecule has 0 aliphatic rings. The first-order valence-electron chi connectivity index (χ1n) is 16.7. The summed E-state index contributed by atoms with van der Waals surface area (Å²) in [5, 5.41) is 8.12. The summed E-state index contributed by atoms with van der Waals surface area (Å²) in [7, 11) is -4.99. The van der Waals surface area contributed by atoms with Crippen molar-refractivity contribution in [2.24, 2.45) is 4.74 Å². The van der Waals surface area contributed by atoms with E-state index in [1.54, 1.807) is 4.78 Å². The van der Waals surface area contributed by atoms with Crippen molar-refractivity contribution < 1.29 is 0 Å². The van der Waals surface area contributed by atoms with Gasteiger partial charge in [0.1, 0.15) is 28.0 Å². The fraction of sp³-hybridized carbons (Fsp3) is 0.0444. The van der Waals surface area contributed by atoms with Gasteiger partial charge in [0.25, 0.3) is 0 Å². The van der Waals surface area contributed by atoms with Gasteiger partial charge in [-0.3, -0.25) is 4.74 Å². The van der Waals surface area contributed by atoms with Crippen LogP contribution in [0.3, 0.4) is 0 Å². The van der Waals surface area contributed by atoms with Gasteiger partial charge >= 0.3 is 0 Å². The van der Waals surface area contributed by atoms with Crippen LogP contribution in [0.1, 0.15) is 0 Å². The molecule has 0 amide bonds. The maximum Gasteiger partial charge on any atom is 0.146 e. The van der Waals surface area contributed by atoms with E-state index >= 15 is 0 Å². The average Bonchev–Trinajstić information content (AvgIpc) is 3.17. The van der Waals surface area contributed by atoms with E-state index in [9.17, 15) is 0 Å². The Hall–Kier alpha value is -4.50. The molecule has 0 fully saturated rings. The maximum atomic E-state index is 5.91. The Bertz CT molecular complexity index is 2010. The average molecular weight is 689 g/mol. The zero-order valence-corrected chi connectivity index (χ0v) is 30.7. The lowest BCUT2D eigenvalue weighted by atomic mass is 10.3. The van der Waals surface area contributed by atoms with Gasteiger partial charge in [-0.2, -0.15) is 0 Å². The van der Waals surface area contributed by atoms with Crippen LogP contribution in [0.5, 0.6) is 0 Å². The summed E-state index contributed by atoms with van der Waals surface area (Å²) in [6.45, 7) is 2.33. The lowest BCUT2D eigenvalue weighted by molar-refractivity contribution is 1.55. The highest BCUT2D eigenvalue weighted by Gasteiger charge is 2.57. The summed E-state index contributed by atoms with van der Waals surface area (Å²) in [6.07, 6.45) is 0. The van der Waals surface area contributed by atoms with Crippen LogP contribution >= 0.6 is 21.2 Å². The van der Waals surface area contributed by atoms with Crippen molar-refractivity contribution >= 4 is 63.5 Å². The molecule has 49 heavy (non-hydrogen) atoms. The van der Waals surface area contributed by atoms with E-state index in [1.807, 2.05) is 0 Å². The lowest BCUT2D eigenvalue weighted by Crippen LogP contribution is -2.41. The fourth-order valence-electron chi connectivity index (χ4n) is 7.28. The summed E-state index contributed by atoms with van der Waals surface area (Å²) in [6, 6.07) is 78.8. The van der Waals surface area contributed by atoms with E-state index in [1.165, 1.54) is 31.8 Å². The van der Waals surface area contributed by atoms with Crippen LogP contribution in [-0.2, 0) is 0 Å². The molecule has 0 unspecified atom stereocenters. The van der Waals surface area contributed by atoms with Gasteiger partial charge in [0.05, 0.1) is 5.69 Å². The second-order valence-electron chi connectivity index (χ2n) is 12.5. The van der Waals surface area contributed by atoms with E-state index in [4.69, 9.17) is 4.74 Å². The largest absolute Gasteiger partial charge is 0.260 e. The Morgan fingerprint density at radius 1 is 0.367 bits per heavy atom. The predicted octanol–water partition coefficient (Wildman–Crippen LogP) is 9.85. The Kier molecular flexibility index (Phi) is 9.80. The molecule has 0 heterocycles. The molecular weight excluding hydrogens is 647 g/mol. The van der Waals surface area contributed by atoms with Gasteiger partial charge in [0.2, 0.25) is 0 Å². The molecule has 7 aromatic carbocycles. The first kappa shape index (κ1) is 33.0. The zero-order valence-electron chi connectivity index (χ0n) is 28.0. The first-order chi connectivity index (χ1) is 24.1. The molecule has 0 saturated carbocycles. The number of hydrogen-bond acceptors (Lipinski definition) is 1. The van der Waals surface area contributed by atoms with Crippen molar-refractivity contribution in [3.05, 3.63) is 212 Å². The summed E-state index contributed by atoms with van der Waals surface area (Å²) in [4.78, 5) is 0. The second kappa shape index (κ2) is 14.5. The van der Waals surface area contributed by atoms with Gasteiger partial charge in [0, 0.05) is 13.9 Å². The first-order valence-corrected chi connectivity index (χ1v) is 22.9. The Balaban J connectivity index is 1.90. The summed E-state index contributed by atoms with van der Waals surface area (Å²) < 4.78 is 7.48. The minimum Gasteiger partial charge on any atom is -0.260 e. The Morgan fingerprint density at radius 2 is 0.633 bits per heavy atom. The predicted molar refractivity (Wildman–Crippen MR) is 223 cm³/mol. The number of hydrogen-bond donors (Lipinski definition) is 0. The van der Waals surface area contributed by atoms with Crippen LogP contribution in [0.25, 0.3) is 0 Å². The number of benzene rings is 7. The van der Waals surface area contributed by atoms with Crippen LogP contribution in [-0.4, -0.2) is 18.1 Å². The third-order valence-electron chi connectivity index (χ3n) is 9.07. The molecule has 4 heteroatoms. The van der Waals surface area contributed by atoms with Crippen molar-refractivity contribution in [1.29, 1.82) is 0 Å². The van der Waals surface area contributed by atoms with Crippen molar-refractivity contribution in [1.82, 2.24) is 0 Å². The van der Waals surface area contributed by atoms with Crippen molar-refractivity contribution in [3.8, 4) is 0 Å². The zero-order chi connectivity index (χ0) is 33.6. The highest BCUT2D eigenvalue weighted by atomic mass is 31.3. The summed E-state index contributed by atoms with van der Waals surface area (Å²) >= 11 is 0. The molecule has 7 rings (SSSR count). The lowest BCUT2D eigenvalue weighted by Gasteiger charge is -2.41. The van der Waals surface area contributed by atoms with Crippen LogP contribution in [0.2, 0.25) is 0 Å². The minimum absolute atomic E-state index is 1.03. The second-order valence-corrected chi connectivity index (χ2v) is 23.7. The van der Waals surface area contributed by atoms with Gasteiger partial charge in [-0.1, -0.05) is 164 Å². The molecule has 0 atom stereocenters. The molecule has 0 aromatic heterocycles. The van der Waals surface area contributed by atoms with Crippen molar-refractivity contribution in [2.75, 3.05) is 13.3 Å². The Morgan fingerprint density at radius 3 is 0.939 bits per heavy atom. The topological polar surface area (TPSA) is 12.4 Å². The van der Waals surface area contributed by atoms with Crippen LogP contribution in [0, 0.1) is 0 Å². The third-order valence-corrected chi connectivity index (χ3v) is 25.0. The molecule has 0 spiro atoms. The number of rotatable bonds is 9. The molecular formula is C45H41NP3+. The van der Waals surface area contributed by atoms with Crippen molar-refractivity contribution in [3.63, 3.8) is 0 Å². The van der Waals surface area contributed by atoms with Gasteiger partial charge in [-0.25, -0.2) is 0 Å². The van der Waals surface area contributed by atoms with E-state index in [0.29, 0.717) is 0 Å². The molecule has 0 N–H and O–H groups in total. The minimum atomic E-state index is -2.62. The molecule has 240 valence electrons. The molecule has 0 bridgehead atoms. The van der Waals surface area contributed by atoms with E-state index in [0.717, 1.165) is 5.69 Å². The normalized spacial score (nSPS) is 11.9. The standard InChI is InChI=1S/C45H41NP3/c1-47(2,46-38-24-10-3-11-25-38)45(48(39-26-12-4-13-27-39,40-28-14-5-15-29-40)41-30-16-6-17-31-41)49(42-32-18-7-19-33-42,43-34-20-8-21-35-43)44-36-22-9-23-37-44/h3-37H,1-2H3/q+1. The molecule has 0 radical (unpaired) electrons. The summed E-state index contributed by atoms with van der Waals surface area (Å²) in [5.41, 5.74) is 1.03. The Labute approximate surface area is 292 Å².